The van der Waals surface area contributed by atoms with Crippen molar-refractivity contribution in [1.29, 1.82) is 0 Å². The summed E-state index contributed by atoms with van der Waals surface area (Å²) in [4.78, 5) is 0. The molecule has 0 aliphatic carbocycles. The third-order valence-corrected chi connectivity index (χ3v) is 6.59. The molecule has 0 bridgehead atoms. The standard InChI is InChI=1S/C38H30/c1-3-7-31(8-4-1)11-13-33-15-19-35(20-16-33)23-25-37-27-29-38(30-28-37)26-24-36-21-17-34(18-22-36)14-12-32-9-5-2-6-10-32/h1-10,15-22,27-30H,23-26H2. The molecule has 0 saturated carbocycles. The molecule has 0 fully saturated rings. The average Bonchev–Trinajstić information content (AvgIpc) is 2.99. The first kappa shape index (κ1) is 24.9. The van der Waals surface area contributed by atoms with Crippen LogP contribution in [0.1, 0.15) is 44.5 Å². The molecule has 182 valence electrons. The summed E-state index contributed by atoms with van der Waals surface area (Å²) in [7, 11) is 0. The maximum atomic E-state index is 3.25. The molecule has 0 amide bonds. The summed E-state index contributed by atoms with van der Waals surface area (Å²) in [5.74, 6) is 12.9. The molecule has 0 aliphatic rings. The van der Waals surface area contributed by atoms with Gasteiger partial charge in [-0.2, -0.15) is 0 Å². The zero-order valence-corrected chi connectivity index (χ0v) is 21.5. The molecule has 5 aromatic carbocycles. The first-order chi connectivity index (χ1) is 18.8. The molecule has 0 heterocycles. The highest BCUT2D eigenvalue weighted by molar-refractivity contribution is 5.44. The van der Waals surface area contributed by atoms with Gasteiger partial charge < -0.3 is 0 Å². The smallest absolute Gasteiger partial charge is 0.0249 e. The lowest BCUT2D eigenvalue weighted by Crippen LogP contribution is -1.94. The van der Waals surface area contributed by atoms with Gasteiger partial charge in [0.1, 0.15) is 0 Å². The summed E-state index contributed by atoms with van der Waals surface area (Å²) >= 11 is 0. The largest absolute Gasteiger partial charge is 0.0622 e. The minimum absolute atomic E-state index is 1.03. The van der Waals surface area contributed by atoms with Crippen molar-refractivity contribution >= 4 is 0 Å². The number of aryl methyl sites for hydroxylation is 4. The second-order valence-corrected chi connectivity index (χ2v) is 9.44. The van der Waals surface area contributed by atoms with Crippen LogP contribution in [0.3, 0.4) is 0 Å². The van der Waals surface area contributed by atoms with Crippen molar-refractivity contribution < 1.29 is 0 Å². The molecule has 0 atom stereocenters. The van der Waals surface area contributed by atoms with Gasteiger partial charge in [-0.1, -0.05) is 109 Å². The fraction of sp³-hybridized carbons (Fsp3) is 0.105. The Morgan fingerprint density at radius 1 is 0.263 bits per heavy atom. The molecule has 5 aromatic rings. The van der Waals surface area contributed by atoms with Gasteiger partial charge in [0, 0.05) is 22.3 Å². The minimum Gasteiger partial charge on any atom is -0.0622 e. The summed E-state index contributed by atoms with van der Waals surface area (Å²) in [5, 5.41) is 0. The number of hydrogen-bond acceptors (Lipinski definition) is 0. The number of hydrogen-bond donors (Lipinski definition) is 0. The molecule has 0 N–H and O–H groups in total. The van der Waals surface area contributed by atoms with E-state index in [1.165, 1.54) is 22.3 Å². The van der Waals surface area contributed by atoms with Crippen LogP contribution in [-0.4, -0.2) is 0 Å². The maximum Gasteiger partial charge on any atom is 0.0249 e. The molecule has 0 saturated heterocycles. The lowest BCUT2D eigenvalue weighted by molar-refractivity contribution is 0.940. The maximum absolute atomic E-state index is 3.25. The Morgan fingerprint density at radius 3 is 0.789 bits per heavy atom. The van der Waals surface area contributed by atoms with E-state index in [4.69, 9.17) is 0 Å². The Labute approximate surface area is 227 Å². The van der Waals surface area contributed by atoms with Crippen LogP contribution < -0.4 is 0 Å². The predicted molar refractivity (Wildman–Crippen MR) is 159 cm³/mol. The molecule has 0 nitrogen and oxygen atoms in total. The van der Waals surface area contributed by atoms with Gasteiger partial charge in [-0.25, -0.2) is 0 Å². The molecule has 5 rings (SSSR count). The Balaban J connectivity index is 1.08. The van der Waals surface area contributed by atoms with Gasteiger partial charge in [0.15, 0.2) is 0 Å². The monoisotopic (exact) mass is 486 g/mol. The van der Waals surface area contributed by atoms with Crippen molar-refractivity contribution in [1.82, 2.24) is 0 Å². The number of benzene rings is 5. The van der Waals surface area contributed by atoms with Gasteiger partial charge >= 0.3 is 0 Å². The highest BCUT2D eigenvalue weighted by atomic mass is 14.1. The Bertz CT molecular complexity index is 1430. The molecular formula is C38H30. The van der Waals surface area contributed by atoms with Crippen molar-refractivity contribution in [2.45, 2.75) is 25.7 Å². The quantitative estimate of drug-likeness (QED) is 0.213. The molecule has 38 heavy (non-hydrogen) atoms. The summed E-state index contributed by atoms with van der Waals surface area (Å²) < 4.78 is 0. The van der Waals surface area contributed by atoms with E-state index in [1.807, 2.05) is 60.7 Å². The Morgan fingerprint density at radius 2 is 0.500 bits per heavy atom. The van der Waals surface area contributed by atoms with Crippen LogP contribution in [0.2, 0.25) is 0 Å². The molecule has 0 unspecified atom stereocenters. The Kier molecular flexibility index (Phi) is 8.49. The lowest BCUT2D eigenvalue weighted by Gasteiger charge is -2.06. The first-order valence-corrected chi connectivity index (χ1v) is 13.2. The van der Waals surface area contributed by atoms with Crippen LogP contribution in [0.25, 0.3) is 0 Å². The van der Waals surface area contributed by atoms with Crippen molar-refractivity contribution in [3.63, 3.8) is 0 Å². The topological polar surface area (TPSA) is 0 Å². The van der Waals surface area contributed by atoms with E-state index in [0.717, 1.165) is 47.9 Å². The van der Waals surface area contributed by atoms with E-state index in [2.05, 4.69) is 96.5 Å². The van der Waals surface area contributed by atoms with Crippen LogP contribution in [-0.2, 0) is 25.7 Å². The molecule has 0 aliphatic heterocycles. The third kappa shape index (κ3) is 7.61. The molecule has 0 aromatic heterocycles. The van der Waals surface area contributed by atoms with Gasteiger partial charge in [-0.15, -0.1) is 0 Å². The highest BCUT2D eigenvalue weighted by Gasteiger charge is 2.00. The van der Waals surface area contributed by atoms with E-state index < -0.39 is 0 Å². The molecule has 0 heteroatoms. The van der Waals surface area contributed by atoms with Crippen molar-refractivity contribution in [3.8, 4) is 23.7 Å². The predicted octanol–water partition coefficient (Wildman–Crippen LogP) is 8.06. The van der Waals surface area contributed by atoms with Crippen LogP contribution in [0, 0.1) is 23.7 Å². The van der Waals surface area contributed by atoms with Crippen molar-refractivity contribution in [2.24, 2.45) is 0 Å². The Hall–Kier alpha value is -4.78. The van der Waals surface area contributed by atoms with Gasteiger partial charge in [-0.05, 0) is 96.5 Å². The molecular weight excluding hydrogens is 456 g/mol. The molecule has 0 radical (unpaired) electrons. The van der Waals surface area contributed by atoms with Crippen LogP contribution in [0.5, 0.6) is 0 Å². The van der Waals surface area contributed by atoms with E-state index in [9.17, 15) is 0 Å². The highest BCUT2D eigenvalue weighted by Crippen LogP contribution is 2.13. The zero-order valence-electron chi connectivity index (χ0n) is 21.5. The fourth-order valence-corrected chi connectivity index (χ4v) is 4.29. The van der Waals surface area contributed by atoms with Crippen molar-refractivity contribution in [3.05, 3.63) is 178 Å². The summed E-state index contributed by atoms with van der Waals surface area (Å²) in [5.41, 5.74) is 9.64. The van der Waals surface area contributed by atoms with Crippen LogP contribution >= 0.6 is 0 Å². The van der Waals surface area contributed by atoms with Gasteiger partial charge in [0.2, 0.25) is 0 Å². The van der Waals surface area contributed by atoms with Gasteiger partial charge in [-0.3, -0.25) is 0 Å². The van der Waals surface area contributed by atoms with E-state index in [1.54, 1.807) is 0 Å². The second kappa shape index (κ2) is 13.0. The van der Waals surface area contributed by atoms with Gasteiger partial charge in [0.05, 0.1) is 0 Å². The normalized spacial score (nSPS) is 10.1. The first-order valence-electron chi connectivity index (χ1n) is 13.2. The van der Waals surface area contributed by atoms with E-state index in [-0.39, 0.29) is 0 Å². The summed E-state index contributed by atoms with van der Waals surface area (Å²) in [6.07, 6.45) is 4.15. The van der Waals surface area contributed by atoms with E-state index in [0.29, 0.717) is 0 Å². The average molecular weight is 487 g/mol. The van der Waals surface area contributed by atoms with Crippen LogP contribution in [0.15, 0.2) is 133 Å². The van der Waals surface area contributed by atoms with E-state index >= 15 is 0 Å². The zero-order chi connectivity index (χ0) is 25.8. The minimum atomic E-state index is 1.03. The van der Waals surface area contributed by atoms with Gasteiger partial charge in [0.25, 0.3) is 0 Å². The number of rotatable bonds is 6. The third-order valence-electron chi connectivity index (χ3n) is 6.59. The summed E-state index contributed by atoms with van der Waals surface area (Å²) in [6.45, 7) is 0. The fourth-order valence-electron chi connectivity index (χ4n) is 4.29. The van der Waals surface area contributed by atoms with Crippen molar-refractivity contribution in [2.75, 3.05) is 0 Å². The second-order valence-electron chi connectivity index (χ2n) is 9.44. The van der Waals surface area contributed by atoms with Crippen LogP contribution in [0.4, 0.5) is 0 Å². The molecule has 0 spiro atoms. The SMILES string of the molecule is C(#Cc1ccc(CCc2ccc(CCc3ccc(C#Cc4ccccc4)cc3)cc2)cc1)c1ccccc1. The summed E-state index contributed by atoms with van der Waals surface area (Å²) in [6, 6.07) is 46.6. The lowest BCUT2D eigenvalue weighted by atomic mass is 9.99.